The number of para-hydroxylation sites is 1. The van der Waals surface area contributed by atoms with Crippen LogP contribution in [0.25, 0.3) is 0 Å². The number of hydrogen-bond acceptors (Lipinski definition) is 12. The smallest absolute Gasteiger partial charge is 0.338 e. The van der Waals surface area contributed by atoms with E-state index in [1.807, 2.05) is 29.0 Å². The number of halogens is 1. The van der Waals surface area contributed by atoms with Crippen LogP contribution in [0.2, 0.25) is 5.15 Å². The molecule has 2 amide bonds. The number of sulfonamides is 1. The highest BCUT2D eigenvalue weighted by molar-refractivity contribution is 7.89. The number of methoxy groups -OCH3 is 3. The molecule has 0 spiro atoms. The molecular formula is C29H29ClN6O9S. The molecule has 0 atom stereocenters. The molecule has 0 saturated heterocycles. The first-order chi connectivity index (χ1) is 22.0. The van der Waals surface area contributed by atoms with E-state index < -0.39 is 27.8 Å². The maximum Gasteiger partial charge on any atom is 0.338 e. The SMILES string of the molecule is COC(=O)c1ccccc1CS(=O)(=O)NC(=O)Nc1nc(OC)cc(OC)n1.O=c1cc(Cl)[nH]nc1Oc1ccccc1C1CC1. The summed E-state index contributed by atoms with van der Waals surface area (Å²) in [6.07, 6.45) is 2.34. The van der Waals surface area contributed by atoms with Crippen LogP contribution >= 0.6 is 11.6 Å². The summed E-state index contributed by atoms with van der Waals surface area (Å²) in [5.41, 5.74) is 1.06. The van der Waals surface area contributed by atoms with E-state index in [9.17, 15) is 22.8 Å². The summed E-state index contributed by atoms with van der Waals surface area (Å²) in [6, 6.07) is 15.3. The molecule has 0 bridgehead atoms. The fraction of sp³-hybridized carbons (Fsp3) is 0.241. The van der Waals surface area contributed by atoms with Crippen molar-refractivity contribution in [3.63, 3.8) is 0 Å². The van der Waals surface area contributed by atoms with E-state index in [0.717, 1.165) is 5.56 Å². The Balaban J connectivity index is 0.000000228. The number of anilines is 1. The van der Waals surface area contributed by atoms with Crippen molar-refractivity contribution in [1.82, 2.24) is 24.9 Å². The Morgan fingerprint density at radius 1 is 0.978 bits per heavy atom. The second kappa shape index (κ2) is 15.2. The molecule has 1 saturated carbocycles. The summed E-state index contributed by atoms with van der Waals surface area (Å²) >= 11 is 5.64. The molecule has 0 radical (unpaired) electrons. The van der Waals surface area contributed by atoms with Crippen LogP contribution in [0.4, 0.5) is 10.7 Å². The number of nitrogens with zero attached hydrogens (tertiary/aromatic N) is 3. The molecule has 1 aliphatic rings. The van der Waals surface area contributed by atoms with Gasteiger partial charge in [-0.1, -0.05) is 48.0 Å². The van der Waals surface area contributed by atoms with Crippen LogP contribution in [0, 0.1) is 0 Å². The zero-order valence-corrected chi connectivity index (χ0v) is 26.3. The van der Waals surface area contributed by atoms with Crippen LogP contribution in [0.3, 0.4) is 0 Å². The average Bonchev–Trinajstić information content (AvgIpc) is 3.88. The molecule has 0 aliphatic heterocycles. The molecule has 2 aromatic heterocycles. The first-order valence-corrected chi connectivity index (χ1v) is 15.5. The number of ether oxygens (including phenoxy) is 4. The summed E-state index contributed by atoms with van der Waals surface area (Å²) in [5.74, 6) is -0.0473. The van der Waals surface area contributed by atoms with Gasteiger partial charge in [0, 0.05) is 6.07 Å². The summed E-state index contributed by atoms with van der Waals surface area (Å²) in [7, 11) is -0.243. The number of carbonyl (C=O) groups excluding carboxylic acids is 2. The van der Waals surface area contributed by atoms with Crippen LogP contribution < -0.4 is 29.7 Å². The predicted molar refractivity (Wildman–Crippen MR) is 166 cm³/mol. The van der Waals surface area contributed by atoms with Gasteiger partial charge in [-0.05, 0) is 42.0 Å². The van der Waals surface area contributed by atoms with Crippen molar-refractivity contribution in [2.45, 2.75) is 24.5 Å². The predicted octanol–water partition coefficient (Wildman–Crippen LogP) is 4.02. The number of aromatic amines is 1. The molecule has 242 valence electrons. The van der Waals surface area contributed by atoms with Gasteiger partial charge in [0.2, 0.25) is 33.2 Å². The number of amides is 2. The molecule has 1 aliphatic carbocycles. The molecule has 17 heteroatoms. The molecule has 46 heavy (non-hydrogen) atoms. The first kappa shape index (κ1) is 33.7. The second-order valence-corrected chi connectivity index (χ2v) is 11.7. The third-order valence-corrected chi connectivity index (χ3v) is 7.60. The lowest BCUT2D eigenvalue weighted by Crippen LogP contribution is -2.36. The number of benzene rings is 2. The molecule has 15 nitrogen and oxygen atoms in total. The Morgan fingerprint density at radius 3 is 2.26 bits per heavy atom. The number of hydrogen-bond donors (Lipinski definition) is 3. The van der Waals surface area contributed by atoms with E-state index in [1.54, 1.807) is 12.1 Å². The summed E-state index contributed by atoms with van der Waals surface area (Å²) < 4.78 is 46.5. The monoisotopic (exact) mass is 672 g/mol. The number of urea groups is 1. The Hall–Kier alpha value is -5.22. The van der Waals surface area contributed by atoms with E-state index in [2.05, 4.69) is 30.2 Å². The molecule has 0 unspecified atom stereocenters. The molecule has 2 aromatic carbocycles. The Morgan fingerprint density at radius 2 is 1.63 bits per heavy atom. The van der Waals surface area contributed by atoms with Gasteiger partial charge in [-0.15, -0.1) is 5.10 Å². The van der Waals surface area contributed by atoms with Crippen molar-refractivity contribution >= 4 is 39.6 Å². The topological polar surface area (TPSA) is 201 Å². The number of nitrogens with one attached hydrogen (secondary N) is 3. The lowest BCUT2D eigenvalue weighted by Gasteiger charge is -2.11. The van der Waals surface area contributed by atoms with Gasteiger partial charge in [0.1, 0.15) is 10.9 Å². The second-order valence-electron chi connectivity index (χ2n) is 9.54. The Kier molecular flexibility index (Phi) is 11.1. The minimum atomic E-state index is -4.14. The molecule has 2 heterocycles. The third kappa shape index (κ3) is 9.39. The fourth-order valence-corrected chi connectivity index (χ4v) is 5.19. The standard InChI is InChI=1S/C16H18N4O7S.C13H11ClN2O2/c1-25-12-8-13(26-2)18-15(17-12)19-16(22)20-28(23,24)9-10-6-4-5-7-11(10)14(21)27-3;14-12-7-10(17)13(16-15-12)18-11-4-2-1-3-9(11)8-5-6-8/h4-8H,9H2,1-3H3,(H2,17,18,19,20,22);1-4,7-8H,5-6H2,(H,15,17). The van der Waals surface area contributed by atoms with E-state index in [1.165, 1.54) is 58.4 Å². The van der Waals surface area contributed by atoms with Crippen molar-refractivity contribution in [3.8, 4) is 23.4 Å². The average molecular weight is 673 g/mol. The Labute approximate surface area is 268 Å². The summed E-state index contributed by atoms with van der Waals surface area (Å²) in [5, 5.41) is 8.69. The summed E-state index contributed by atoms with van der Waals surface area (Å²) in [4.78, 5) is 43.2. The van der Waals surface area contributed by atoms with Crippen molar-refractivity contribution in [2.24, 2.45) is 0 Å². The van der Waals surface area contributed by atoms with E-state index >= 15 is 0 Å². The maximum absolute atomic E-state index is 12.3. The lowest BCUT2D eigenvalue weighted by atomic mass is 10.1. The minimum Gasteiger partial charge on any atom is -0.481 e. The third-order valence-electron chi connectivity index (χ3n) is 6.21. The largest absolute Gasteiger partial charge is 0.481 e. The van der Waals surface area contributed by atoms with Crippen LogP contribution in [0.1, 0.15) is 40.2 Å². The quantitative estimate of drug-likeness (QED) is 0.205. The normalized spacial score (nSPS) is 12.2. The number of rotatable bonds is 10. The van der Waals surface area contributed by atoms with Gasteiger partial charge in [0.25, 0.3) is 5.88 Å². The number of H-pyrrole nitrogens is 1. The molecule has 1 fully saturated rings. The van der Waals surface area contributed by atoms with Gasteiger partial charge in [-0.3, -0.25) is 15.2 Å². The van der Waals surface area contributed by atoms with Crippen molar-refractivity contribution in [3.05, 3.63) is 92.7 Å². The van der Waals surface area contributed by atoms with Crippen LogP contribution in [0.15, 0.2) is 65.5 Å². The maximum atomic E-state index is 12.3. The van der Waals surface area contributed by atoms with E-state index in [0.29, 0.717) is 11.7 Å². The van der Waals surface area contributed by atoms with Crippen molar-refractivity contribution in [2.75, 3.05) is 26.6 Å². The fourth-order valence-electron chi connectivity index (χ4n) is 3.98. The highest BCUT2D eigenvalue weighted by atomic mass is 35.5. The summed E-state index contributed by atoms with van der Waals surface area (Å²) in [6.45, 7) is 0. The van der Waals surface area contributed by atoms with Crippen LogP contribution in [-0.2, 0) is 20.5 Å². The van der Waals surface area contributed by atoms with Gasteiger partial charge >= 0.3 is 12.0 Å². The van der Waals surface area contributed by atoms with Crippen LogP contribution in [0.5, 0.6) is 23.4 Å². The van der Waals surface area contributed by atoms with Crippen molar-refractivity contribution in [1.29, 1.82) is 0 Å². The number of esters is 1. The number of aromatic nitrogens is 4. The van der Waals surface area contributed by atoms with Crippen LogP contribution in [-0.4, -0.2) is 61.9 Å². The molecular weight excluding hydrogens is 644 g/mol. The Bertz CT molecular complexity index is 1860. The van der Waals surface area contributed by atoms with Gasteiger partial charge in [-0.2, -0.15) is 9.97 Å². The van der Waals surface area contributed by atoms with Gasteiger partial charge < -0.3 is 18.9 Å². The first-order valence-electron chi connectivity index (χ1n) is 13.5. The molecule has 4 aromatic rings. The highest BCUT2D eigenvalue weighted by Crippen LogP contribution is 2.44. The number of carbonyl (C=O) groups is 2. The van der Waals surface area contributed by atoms with Crippen molar-refractivity contribution < 1.29 is 37.0 Å². The zero-order valence-electron chi connectivity index (χ0n) is 24.8. The minimum absolute atomic E-state index is 0.0208. The van der Waals surface area contributed by atoms with Gasteiger partial charge in [0.15, 0.2) is 0 Å². The van der Waals surface area contributed by atoms with E-state index in [4.69, 9.17) is 25.8 Å². The molecule has 3 N–H and O–H groups in total. The highest BCUT2D eigenvalue weighted by Gasteiger charge is 2.27. The molecule has 5 rings (SSSR count). The van der Waals surface area contributed by atoms with Gasteiger partial charge in [-0.25, -0.2) is 22.7 Å². The van der Waals surface area contributed by atoms with Gasteiger partial charge in [0.05, 0.1) is 38.7 Å². The lowest BCUT2D eigenvalue weighted by molar-refractivity contribution is 0.0599. The zero-order chi connectivity index (χ0) is 33.3. The van der Waals surface area contributed by atoms with E-state index in [-0.39, 0.29) is 45.3 Å².